The Morgan fingerprint density at radius 2 is 1.92 bits per heavy atom. The molecule has 1 aliphatic heterocycles. The van der Waals surface area contributed by atoms with Gasteiger partial charge >= 0.3 is 6.03 Å². The first kappa shape index (κ1) is 17.1. The molecule has 6 heteroatoms. The minimum atomic E-state index is -0.220. The van der Waals surface area contributed by atoms with Crippen molar-refractivity contribution in [2.24, 2.45) is 0 Å². The number of aromatic hydroxyl groups is 1. The molecule has 0 spiro atoms. The molecule has 1 aliphatic rings. The number of ether oxygens (including phenoxy) is 1. The lowest BCUT2D eigenvalue weighted by Crippen LogP contribution is -2.39. The molecule has 0 radical (unpaired) electrons. The summed E-state index contributed by atoms with van der Waals surface area (Å²) in [6, 6.07) is 14.4. The van der Waals surface area contributed by atoms with Crippen LogP contribution in [0.25, 0.3) is 0 Å². The maximum atomic E-state index is 12.1. The van der Waals surface area contributed by atoms with E-state index in [1.54, 1.807) is 31.4 Å². The summed E-state index contributed by atoms with van der Waals surface area (Å²) >= 11 is 0. The number of anilines is 1. The van der Waals surface area contributed by atoms with Crippen LogP contribution in [0.2, 0.25) is 0 Å². The number of methoxy groups -OCH3 is 1. The number of rotatable bonds is 5. The van der Waals surface area contributed by atoms with Gasteiger partial charge in [-0.15, -0.1) is 0 Å². The van der Waals surface area contributed by atoms with E-state index in [9.17, 15) is 9.90 Å². The Hall–Kier alpha value is -2.73. The molecule has 0 saturated carbocycles. The molecule has 132 valence electrons. The van der Waals surface area contributed by atoms with E-state index in [0.717, 1.165) is 31.8 Å². The van der Waals surface area contributed by atoms with E-state index in [-0.39, 0.29) is 17.8 Å². The molecule has 3 rings (SSSR count). The fraction of sp³-hybridized carbons (Fsp3) is 0.316. The van der Waals surface area contributed by atoms with E-state index < -0.39 is 0 Å². The number of nitrogens with zero attached hydrogens (tertiary/aromatic N) is 1. The molecule has 2 amide bonds. The number of carbonyl (C=O) groups is 1. The standard InChI is InChI=1S/C19H23N3O3/c1-25-18-8-2-14(3-9-18)12-22-11-10-16(13-22)21-19(24)20-15-4-6-17(23)7-5-15/h2-9,16,23H,10-13H2,1H3,(H2,20,21,24). The smallest absolute Gasteiger partial charge is 0.319 e. The van der Waals surface area contributed by atoms with E-state index in [1.807, 2.05) is 12.1 Å². The Bertz CT molecular complexity index is 701. The summed E-state index contributed by atoms with van der Waals surface area (Å²) in [5.74, 6) is 1.03. The summed E-state index contributed by atoms with van der Waals surface area (Å²) in [5.41, 5.74) is 1.89. The third kappa shape index (κ3) is 4.87. The highest BCUT2D eigenvalue weighted by molar-refractivity contribution is 5.89. The Balaban J connectivity index is 1.45. The summed E-state index contributed by atoms with van der Waals surface area (Å²) in [6.07, 6.45) is 0.930. The van der Waals surface area contributed by atoms with Crippen LogP contribution in [0.15, 0.2) is 48.5 Å². The molecule has 3 N–H and O–H groups in total. The van der Waals surface area contributed by atoms with Crippen LogP contribution in [0.1, 0.15) is 12.0 Å². The molecule has 1 unspecified atom stereocenters. The average molecular weight is 341 g/mol. The topological polar surface area (TPSA) is 73.8 Å². The van der Waals surface area contributed by atoms with Gasteiger partial charge in [-0.3, -0.25) is 4.90 Å². The Kier molecular flexibility index (Phi) is 5.40. The normalized spacial score (nSPS) is 17.2. The second kappa shape index (κ2) is 7.90. The number of amides is 2. The molecule has 1 fully saturated rings. The summed E-state index contributed by atoms with van der Waals surface area (Å²) < 4.78 is 5.17. The second-order valence-corrected chi connectivity index (χ2v) is 6.21. The number of likely N-dealkylation sites (tertiary alicyclic amines) is 1. The van der Waals surface area contributed by atoms with Gasteiger partial charge in [0.2, 0.25) is 0 Å². The highest BCUT2D eigenvalue weighted by Gasteiger charge is 2.23. The van der Waals surface area contributed by atoms with Crippen molar-refractivity contribution in [2.75, 3.05) is 25.5 Å². The molecule has 1 heterocycles. The lowest BCUT2D eigenvalue weighted by molar-refractivity contribution is 0.247. The average Bonchev–Trinajstić information content (AvgIpc) is 3.04. The van der Waals surface area contributed by atoms with Crippen molar-refractivity contribution in [3.05, 3.63) is 54.1 Å². The van der Waals surface area contributed by atoms with Crippen molar-refractivity contribution in [1.29, 1.82) is 0 Å². The lowest BCUT2D eigenvalue weighted by atomic mass is 10.2. The van der Waals surface area contributed by atoms with E-state index in [2.05, 4.69) is 27.7 Å². The van der Waals surface area contributed by atoms with Crippen LogP contribution in [-0.4, -0.2) is 42.3 Å². The zero-order valence-electron chi connectivity index (χ0n) is 14.2. The molecule has 2 aromatic carbocycles. The molecule has 6 nitrogen and oxygen atoms in total. The van der Waals surface area contributed by atoms with Crippen LogP contribution in [0.3, 0.4) is 0 Å². The van der Waals surface area contributed by atoms with Crippen molar-refractivity contribution < 1.29 is 14.6 Å². The van der Waals surface area contributed by atoms with Crippen LogP contribution in [-0.2, 0) is 6.54 Å². The first-order chi connectivity index (χ1) is 12.1. The fourth-order valence-electron chi connectivity index (χ4n) is 2.98. The Morgan fingerprint density at radius 3 is 2.60 bits per heavy atom. The van der Waals surface area contributed by atoms with Crippen LogP contribution >= 0.6 is 0 Å². The minimum Gasteiger partial charge on any atom is -0.508 e. The first-order valence-electron chi connectivity index (χ1n) is 8.34. The number of phenolic OH excluding ortho intramolecular Hbond substituents is 1. The molecule has 0 bridgehead atoms. The molecule has 0 aromatic heterocycles. The predicted molar refractivity (Wildman–Crippen MR) is 96.9 cm³/mol. The number of hydrogen-bond acceptors (Lipinski definition) is 4. The zero-order valence-corrected chi connectivity index (χ0v) is 14.2. The van der Waals surface area contributed by atoms with Crippen molar-refractivity contribution in [2.45, 2.75) is 19.0 Å². The summed E-state index contributed by atoms with van der Waals surface area (Å²) in [4.78, 5) is 14.4. The molecule has 25 heavy (non-hydrogen) atoms. The number of urea groups is 1. The minimum absolute atomic E-state index is 0.135. The third-order valence-electron chi connectivity index (χ3n) is 4.30. The summed E-state index contributed by atoms with van der Waals surface area (Å²) in [6.45, 7) is 2.65. The maximum Gasteiger partial charge on any atom is 0.319 e. The monoisotopic (exact) mass is 341 g/mol. The molecule has 1 atom stereocenters. The molecular weight excluding hydrogens is 318 g/mol. The predicted octanol–water partition coefficient (Wildman–Crippen LogP) is 2.80. The van der Waals surface area contributed by atoms with Gasteiger partial charge in [0.05, 0.1) is 7.11 Å². The van der Waals surface area contributed by atoms with Crippen molar-refractivity contribution in [1.82, 2.24) is 10.2 Å². The Labute approximate surface area is 147 Å². The quantitative estimate of drug-likeness (QED) is 0.731. The largest absolute Gasteiger partial charge is 0.508 e. The number of nitrogens with one attached hydrogen (secondary N) is 2. The van der Waals surface area contributed by atoms with Gasteiger partial charge in [-0.25, -0.2) is 4.79 Å². The first-order valence-corrected chi connectivity index (χ1v) is 8.34. The SMILES string of the molecule is COc1ccc(CN2CCC(NC(=O)Nc3ccc(O)cc3)C2)cc1. The van der Waals surface area contributed by atoms with Crippen LogP contribution in [0.4, 0.5) is 10.5 Å². The highest BCUT2D eigenvalue weighted by atomic mass is 16.5. The van der Waals surface area contributed by atoms with Crippen molar-refractivity contribution in [3.63, 3.8) is 0 Å². The summed E-state index contributed by atoms with van der Waals surface area (Å²) in [5, 5.41) is 15.0. The van der Waals surface area contributed by atoms with Gasteiger partial charge in [0.1, 0.15) is 11.5 Å². The third-order valence-corrected chi connectivity index (χ3v) is 4.30. The zero-order chi connectivity index (χ0) is 17.6. The van der Waals surface area contributed by atoms with Crippen LogP contribution in [0.5, 0.6) is 11.5 Å². The van der Waals surface area contributed by atoms with E-state index in [0.29, 0.717) is 5.69 Å². The molecule has 2 aromatic rings. The molecule has 1 saturated heterocycles. The molecular formula is C19H23N3O3. The number of carbonyl (C=O) groups excluding carboxylic acids is 1. The van der Waals surface area contributed by atoms with Crippen LogP contribution < -0.4 is 15.4 Å². The van der Waals surface area contributed by atoms with Crippen molar-refractivity contribution >= 4 is 11.7 Å². The molecule has 0 aliphatic carbocycles. The van der Waals surface area contributed by atoms with E-state index >= 15 is 0 Å². The fourth-order valence-corrected chi connectivity index (χ4v) is 2.98. The van der Waals surface area contributed by atoms with Crippen molar-refractivity contribution in [3.8, 4) is 11.5 Å². The van der Waals surface area contributed by atoms with Gasteiger partial charge < -0.3 is 20.5 Å². The number of hydrogen-bond donors (Lipinski definition) is 3. The van der Waals surface area contributed by atoms with Gasteiger partial charge in [0.25, 0.3) is 0 Å². The lowest BCUT2D eigenvalue weighted by Gasteiger charge is -2.17. The Morgan fingerprint density at radius 1 is 1.20 bits per heavy atom. The van der Waals surface area contributed by atoms with Crippen LogP contribution in [0, 0.1) is 0 Å². The second-order valence-electron chi connectivity index (χ2n) is 6.21. The van der Waals surface area contributed by atoms with E-state index in [4.69, 9.17) is 4.74 Å². The number of phenols is 1. The van der Waals surface area contributed by atoms with Gasteiger partial charge in [-0.2, -0.15) is 0 Å². The van der Waals surface area contributed by atoms with Gasteiger partial charge in [-0.1, -0.05) is 12.1 Å². The number of benzene rings is 2. The highest BCUT2D eigenvalue weighted by Crippen LogP contribution is 2.17. The van der Waals surface area contributed by atoms with E-state index in [1.165, 1.54) is 5.56 Å². The van der Waals surface area contributed by atoms with Gasteiger partial charge in [0, 0.05) is 31.4 Å². The van der Waals surface area contributed by atoms with Gasteiger partial charge in [0.15, 0.2) is 0 Å². The van der Waals surface area contributed by atoms with Gasteiger partial charge in [-0.05, 0) is 48.4 Å². The maximum absolute atomic E-state index is 12.1. The summed E-state index contributed by atoms with van der Waals surface area (Å²) in [7, 11) is 1.66.